The van der Waals surface area contributed by atoms with E-state index in [2.05, 4.69) is 17.9 Å². The molecule has 0 atom stereocenters. The van der Waals surface area contributed by atoms with Crippen molar-refractivity contribution in [3.05, 3.63) is 29.3 Å². The van der Waals surface area contributed by atoms with Gasteiger partial charge >= 0.3 is 0 Å². The van der Waals surface area contributed by atoms with Gasteiger partial charge in [-0.1, -0.05) is 38.2 Å². The van der Waals surface area contributed by atoms with Crippen LogP contribution < -0.4 is 5.32 Å². The first-order valence-corrected chi connectivity index (χ1v) is 7.72. The SMILES string of the molecule is Cc1ccc(S)cc1C(=O)NC1CCCCCCC1. The van der Waals surface area contributed by atoms with Gasteiger partial charge in [-0.25, -0.2) is 0 Å². The number of hydrogen-bond donors (Lipinski definition) is 2. The molecule has 1 saturated carbocycles. The van der Waals surface area contributed by atoms with Crippen LogP contribution >= 0.6 is 12.6 Å². The average Bonchev–Trinajstić information content (AvgIpc) is 2.35. The maximum atomic E-state index is 12.3. The number of hydrogen-bond acceptors (Lipinski definition) is 2. The van der Waals surface area contributed by atoms with Crippen molar-refractivity contribution in [2.75, 3.05) is 0 Å². The second-order valence-corrected chi connectivity index (χ2v) is 6.03. The van der Waals surface area contributed by atoms with E-state index in [9.17, 15) is 4.79 Å². The average molecular weight is 277 g/mol. The highest BCUT2D eigenvalue weighted by molar-refractivity contribution is 7.80. The Labute approximate surface area is 121 Å². The maximum Gasteiger partial charge on any atom is 0.251 e. The highest BCUT2D eigenvalue weighted by Gasteiger charge is 2.16. The minimum Gasteiger partial charge on any atom is -0.349 e. The molecule has 3 heteroatoms. The lowest BCUT2D eigenvalue weighted by molar-refractivity contribution is 0.0929. The van der Waals surface area contributed by atoms with Crippen LogP contribution in [-0.4, -0.2) is 11.9 Å². The molecule has 104 valence electrons. The molecule has 0 aliphatic heterocycles. The molecule has 0 saturated heterocycles. The van der Waals surface area contributed by atoms with Crippen molar-refractivity contribution in [1.82, 2.24) is 5.32 Å². The summed E-state index contributed by atoms with van der Waals surface area (Å²) in [4.78, 5) is 13.2. The highest BCUT2D eigenvalue weighted by atomic mass is 32.1. The number of carbonyl (C=O) groups excluding carboxylic acids is 1. The summed E-state index contributed by atoms with van der Waals surface area (Å²) in [6.45, 7) is 1.97. The van der Waals surface area contributed by atoms with Crippen molar-refractivity contribution >= 4 is 18.5 Å². The van der Waals surface area contributed by atoms with E-state index < -0.39 is 0 Å². The lowest BCUT2D eigenvalue weighted by Gasteiger charge is -2.21. The van der Waals surface area contributed by atoms with E-state index in [1.165, 1.54) is 32.1 Å². The first-order valence-electron chi connectivity index (χ1n) is 7.27. The van der Waals surface area contributed by atoms with E-state index in [0.29, 0.717) is 6.04 Å². The fourth-order valence-corrected chi connectivity index (χ4v) is 2.92. The minimum absolute atomic E-state index is 0.0546. The number of thiol groups is 1. The standard InChI is InChI=1S/C16H23NOS/c1-12-9-10-14(19)11-15(12)16(18)17-13-7-5-3-2-4-6-8-13/h9-11,13,19H,2-8H2,1H3,(H,17,18). The Kier molecular flexibility index (Phi) is 5.32. The molecule has 1 aliphatic carbocycles. The summed E-state index contributed by atoms with van der Waals surface area (Å²) in [5, 5.41) is 3.20. The van der Waals surface area contributed by atoms with Crippen LogP contribution in [0.3, 0.4) is 0 Å². The van der Waals surface area contributed by atoms with Crippen molar-refractivity contribution in [1.29, 1.82) is 0 Å². The van der Waals surface area contributed by atoms with E-state index in [0.717, 1.165) is 28.9 Å². The van der Waals surface area contributed by atoms with Crippen molar-refractivity contribution in [2.45, 2.75) is 62.8 Å². The van der Waals surface area contributed by atoms with Gasteiger partial charge in [0.25, 0.3) is 5.91 Å². The summed E-state index contributed by atoms with van der Waals surface area (Å²) in [5.74, 6) is 0.0546. The van der Waals surface area contributed by atoms with Crippen LogP contribution in [0.5, 0.6) is 0 Å². The summed E-state index contributed by atoms with van der Waals surface area (Å²) >= 11 is 4.31. The highest BCUT2D eigenvalue weighted by Crippen LogP contribution is 2.19. The first kappa shape index (κ1) is 14.4. The Balaban J connectivity index is 2.00. The summed E-state index contributed by atoms with van der Waals surface area (Å²) in [6, 6.07) is 6.08. The molecular weight excluding hydrogens is 254 g/mol. The van der Waals surface area contributed by atoms with Crippen LogP contribution in [0.2, 0.25) is 0 Å². The number of carbonyl (C=O) groups is 1. The maximum absolute atomic E-state index is 12.3. The van der Waals surface area contributed by atoms with Crippen molar-refractivity contribution in [3.63, 3.8) is 0 Å². The minimum atomic E-state index is 0.0546. The topological polar surface area (TPSA) is 29.1 Å². The normalized spacial score (nSPS) is 17.6. The molecule has 1 aromatic rings. The Morgan fingerprint density at radius 2 is 1.79 bits per heavy atom. The van der Waals surface area contributed by atoms with Crippen LogP contribution in [0.1, 0.15) is 60.9 Å². The molecule has 2 nitrogen and oxygen atoms in total. The van der Waals surface area contributed by atoms with E-state index >= 15 is 0 Å². The van der Waals surface area contributed by atoms with Gasteiger partial charge in [-0.15, -0.1) is 12.6 Å². The molecule has 1 aliphatic rings. The second kappa shape index (κ2) is 6.99. The summed E-state index contributed by atoms with van der Waals surface area (Å²) in [5.41, 5.74) is 1.77. The van der Waals surface area contributed by atoms with Crippen LogP contribution in [0.15, 0.2) is 23.1 Å². The first-order chi connectivity index (χ1) is 9.16. The summed E-state index contributed by atoms with van der Waals surface area (Å²) in [6.07, 6.45) is 8.65. The van der Waals surface area contributed by atoms with Gasteiger partial charge in [0.2, 0.25) is 0 Å². The molecule has 19 heavy (non-hydrogen) atoms. The fourth-order valence-electron chi connectivity index (χ4n) is 2.72. The Morgan fingerprint density at radius 3 is 2.47 bits per heavy atom. The molecule has 1 amide bonds. The zero-order chi connectivity index (χ0) is 13.7. The molecule has 0 heterocycles. The molecule has 0 spiro atoms. The predicted octanol–water partition coefficient (Wildman–Crippen LogP) is 4.13. The smallest absolute Gasteiger partial charge is 0.251 e. The van der Waals surface area contributed by atoms with Gasteiger partial charge in [0.15, 0.2) is 0 Å². The summed E-state index contributed by atoms with van der Waals surface area (Å²) in [7, 11) is 0. The monoisotopic (exact) mass is 277 g/mol. The molecule has 1 fully saturated rings. The largest absolute Gasteiger partial charge is 0.349 e. The van der Waals surface area contributed by atoms with Crippen molar-refractivity contribution in [2.24, 2.45) is 0 Å². The van der Waals surface area contributed by atoms with Gasteiger partial charge in [-0.2, -0.15) is 0 Å². The molecule has 0 unspecified atom stereocenters. The third-order valence-electron chi connectivity index (χ3n) is 3.91. The molecule has 1 aromatic carbocycles. The van der Waals surface area contributed by atoms with E-state index in [4.69, 9.17) is 0 Å². The molecule has 0 radical (unpaired) electrons. The van der Waals surface area contributed by atoms with Gasteiger partial charge < -0.3 is 5.32 Å². The molecule has 2 rings (SSSR count). The lowest BCUT2D eigenvalue weighted by atomic mass is 9.96. The molecular formula is C16H23NOS. The van der Waals surface area contributed by atoms with Gasteiger partial charge in [0.05, 0.1) is 0 Å². The van der Waals surface area contributed by atoms with Crippen LogP contribution in [0.4, 0.5) is 0 Å². The molecule has 1 N–H and O–H groups in total. The number of rotatable bonds is 2. The lowest BCUT2D eigenvalue weighted by Crippen LogP contribution is -2.35. The third kappa shape index (κ3) is 4.27. The van der Waals surface area contributed by atoms with Crippen molar-refractivity contribution in [3.8, 4) is 0 Å². The van der Waals surface area contributed by atoms with Gasteiger partial charge in [0.1, 0.15) is 0 Å². The van der Waals surface area contributed by atoms with Crippen molar-refractivity contribution < 1.29 is 4.79 Å². The Morgan fingerprint density at radius 1 is 1.16 bits per heavy atom. The number of amides is 1. The number of nitrogens with one attached hydrogen (secondary N) is 1. The van der Waals surface area contributed by atoms with E-state index in [-0.39, 0.29) is 5.91 Å². The zero-order valence-electron chi connectivity index (χ0n) is 11.6. The molecule has 0 bridgehead atoms. The fraction of sp³-hybridized carbons (Fsp3) is 0.562. The Hall–Kier alpha value is -0.960. The second-order valence-electron chi connectivity index (χ2n) is 5.51. The van der Waals surface area contributed by atoms with Gasteiger partial charge in [-0.05, 0) is 37.5 Å². The van der Waals surface area contributed by atoms with Gasteiger partial charge in [-0.3, -0.25) is 4.79 Å². The Bertz CT molecular complexity index is 436. The van der Waals surface area contributed by atoms with Gasteiger partial charge in [0, 0.05) is 16.5 Å². The third-order valence-corrected chi connectivity index (χ3v) is 4.18. The van der Waals surface area contributed by atoms with Crippen LogP contribution in [0, 0.1) is 6.92 Å². The number of aryl methyl sites for hydroxylation is 1. The predicted molar refractivity (Wildman–Crippen MR) is 82.0 cm³/mol. The quantitative estimate of drug-likeness (QED) is 0.782. The summed E-state index contributed by atoms with van der Waals surface area (Å²) < 4.78 is 0. The van der Waals surface area contributed by atoms with Crippen LogP contribution in [0.25, 0.3) is 0 Å². The molecule has 0 aromatic heterocycles. The van der Waals surface area contributed by atoms with E-state index in [1.807, 2.05) is 25.1 Å². The van der Waals surface area contributed by atoms with E-state index in [1.54, 1.807) is 0 Å². The zero-order valence-corrected chi connectivity index (χ0v) is 12.5. The number of benzene rings is 1. The van der Waals surface area contributed by atoms with Crippen LogP contribution in [-0.2, 0) is 0 Å².